The van der Waals surface area contributed by atoms with Crippen molar-refractivity contribution in [3.8, 4) is 0 Å². The molecule has 2 aliphatic heterocycles. The van der Waals surface area contributed by atoms with E-state index in [-0.39, 0.29) is 18.7 Å². The van der Waals surface area contributed by atoms with Crippen LogP contribution in [0.2, 0.25) is 0 Å². The van der Waals surface area contributed by atoms with Gasteiger partial charge in [-0.15, -0.1) is 0 Å². The van der Waals surface area contributed by atoms with Crippen LogP contribution in [0.25, 0.3) is 0 Å². The zero-order valence-electron chi connectivity index (χ0n) is 12.0. The molecule has 21 heavy (non-hydrogen) atoms. The number of nitrogens with zero attached hydrogens (tertiary/aromatic N) is 5. The second-order valence-electron chi connectivity index (χ2n) is 5.37. The molecule has 0 saturated carbocycles. The van der Waals surface area contributed by atoms with Crippen molar-refractivity contribution < 1.29 is 9.84 Å². The lowest BCUT2D eigenvalue weighted by molar-refractivity contribution is -0.0250. The molecule has 0 spiro atoms. The standard InChI is InChI=1S/C13H19N5O3/c1-17-6-2-3-10(17)15-12-14-8-18(13(20)16-12)11-5-4-9(7-19)21-11/h8-9,11,19H,2-7H2,1H3/t9-,11+/m0/s1. The lowest BCUT2D eigenvalue weighted by Gasteiger charge is -2.14. The first-order chi connectivity index (χ1) is 10.2. The van der Waals surface area contributed by atoms with E-state index in [9.17, 15) is 4.79 Å². The van der Waals surface area contributed by atoms with Crippen LogP contribution in [-0.4, -0.2) is 56.7 Å². The first kappa shape index (κ1) is 14.2. The Bertz CT molecular complexity index is 600. The smallest absolute Gasteiger partial charge is 0.354 e. The fraction of sp³-hybridized carbons (Fsp3) is 0.692. The fourth-order valence-electron chi connectivity index (χ4n) is 2.66. The molecule has 114 valence electrons. The van der Waals surface area contributed by atoms with Crippen LogP contribution in [0.1, 0.15) is 31.9 Å². The van der Waals surface area contributed by atoms with Gasteiger partial charge in [-0.2, -0.15) is 9.98 Å². The molecular formula is C13H19N5O3. The summed E-state index contributed by atoms with van der Waals surface area (Å²) in [7, 11) is 1.97. The first-order valence-electron chi connectivity index (χ1n) is 7.17. The third-order valence-corrected chi connectivity index (χ3v) is 3.88. The van der Waals surface area contributed by atoms with Crippen LogP contribution < -0.4 is 5.69 Å². The Morgan fingerprint density at radius 3 is 3.00 bits per heavy atom. The third-order valence-electron chi connectivity index (χ3n) is 3.88. The quantitative estimate of drug-likeness (QED) is 0.847. The number of ether oxygens (including phenoxy) is 1. The number of likely N-dealkylation sites (tertiary alicyclic amines) is 1. The van der Waals surface area contributed by atoms with Gasteiger partial charge in [-0.25, -0.2) is 9.78 Å². The van der Waals surface area contributed by atoms with Crippen LogP contribution in [0.5, 0.6) is 0 Å². The molecule has 1 aromatic heterocycles. The van der Waals surface area contributed by atoms with Crippen molar-refractivity contribution in [3.05, 3.63) is 16.8 Å². The second-order valence-corrected chi connectivity index (χ2v) is 5.37. The normalized spacial score (nSPS) is 27.7. The van der Waals surface area contributed by atoms with Crippen molar-refractivity contribution in [1.82, 2.24) is 19.4 Å². The molecule has 3 rings (SSSR count). The highest BCUT2D eigenvalue weighted by atomic mass is 16.5. The van der Waals surface area contributed by atoms with Gasteiger partial charge < -0.3 is 14.7 Å². The average Bonchev–Trinajstić information content (AvgIpc) is 3.09. The van der Waals surface area contributed by atoms with Crippen molar-refractivity contribution in [2.75, 3.05) is 20.2 Å². The molecule has 3 heterocycles. The van der Waals surface area contributed by atoms with Crippen LogP contribution in [0, 0.1) is 0 Å². The van der Waals surface area contributed by atoms with Crippen LogP contribution in [-0.2, 0) is 4.74 Å². The van der Waals surface area contributed by atoms with Gasteiger partial charge in [0.2, 0.25) is 0 Å². The van der Waals surface area contributed by atoms with Crippen molar-refractivity contribution in [1.29, 1.82) is 0 Å². The van der Waals surface area contributed by atoms with E-state index in [0.717, 1.165) is 31.6 Å². The molecule has 1 N–H and O–H groups in total. The molecule has 2 atom stereocenters. The summed E-state index contributed by atoms with van der Waals surface area (Å²) >= 11 is 0. The van der Waals surface area contributed by atoms with E-state index in [1.54, 1.807) is 0 Å². The monoisotopic (exact) mass is 293 g/mol. The Balaban J connectivity index is 1.79. The Labute approximate surface area is 122 Å². The minimum Gasteiger partial charge on any atom is -0.394 e. The number of rotatable bonds is 3. The summed E-state index contributed by atoms with van der Waals surface area (Å²) in [5.41, 5.74) is -0.423. The summed E-state index contributed by atoms with van der Waals surface area (Å²) in [4.78, 5) is 26.5. The predicted octanol–water partition coefficient (Wildman–Crippen LogP) is 0.0638. The van der Waals surface area contributed by atoms with E-state index in [1.807, 2.05) is 11.9 Å². The average molecular weight is 293 g/mol. The molecule has 0 amide bonds. The summed E-state index contributed by atoms with van der Waals surface area (Å²) in [6.45, 7) is 0.929. The lowest BCUT2D eigenvalue weighted by Crippen LogP contribution is -2.28. The lowest BCUT2D eigenvalue weighted by atomic mass is 10.2. The second kappa shape index (κ2) is 5.90. The van der Waals surface area contributed by atoms with Crippen molar-refractivity contribution in [3.63, 3.8) is 0 Å². The van der Waals surface area contributed by atoms with E-state index in [0.29, 0.717) is 6.42 Å². The number of aliphatic hydroxyl groups excluding tert-OH is 1. The number of amidine groups is 1. The number of aliphatic hydroxyl groups is 1. The number of hydrogen-bond donors (Lipinski definition) is 1. The molecular weight excluding hydrogens is 274 g/mol. The SMILES string of the molecule is CN1CCCC1=Nc1ncn([C@H]2CC[C@@H](CO)O2)c(=O)n1. The topological polar surface area (TPSA) is 92.8 Å². The maximum Gasteiger partial charge on any atom is 0.354 e. The van der Waals surface area contributed by atoms with Gasteiger partial charge in [0, 0.05) is 20.0 Å². The summed E-state index contributed by atoms with van der Waals surface area (Å²) in [6.07, 6.45) is 4.15. The molecule has 2 fully saturated rings. The zero-order valence-corrected chi connectivity index (χ0v) is 12.0. The van der Waals surface area contributed by atoms with Crippen LogP contribution in [0.4, 0.5) is 5.95 Å². The maximum atomic E-state index is 12.1. The van der Waals surface area contributed by atoms with Gasteiger partial charge >= 0.3 is 5.69 Å². The van der Waals surface area contributed by atoms with Crippen molar-refractivity contribution in [2.24, 2.45) is 4.99 Å². The highest BCUT2D eigenvalue weighted by Gasteiger charge is 2.27. The summed E-state index contributed by atoms with van der Waals surface area (Å²) in [5.74, 6) is 1.10. The molecule has 1 aromatic rings. The molecule has 0 radical (unpaired) electrons. The predicted molar refractivity (Wildman–Crippen MR) is 75.5 cm³/mol. The van der Waals surface area contributed by atoms with E-state index in [4.69, 9.17) is 9.84 Å². The van der Waals surface area contributed by atoms with Gasteiger partial charge in [-0.3, -0.25) is 4.57 Å². The number of aliphatic imine (C=N–C) groups is 1. The van der Waals surface area contributed by atoms with Gasteiger partial charge in [-0.1, -0.05) is 0 Å². The zero-order chi connectivity index (χ0) is 14.8. The Kier molecular flexibility index (Phi) is 3.98. The maximum absolute atomic E-state index is 12.1. The highest BCUT2D eigenvalue weighted by molar-refractivity contribution is 5.85. The number of hydrogen-bond acceptors (Lipinski definition) is 6. The Morgan fingerprint density at radius 1 is 1.52 bits per heavy atom. The molecule has 0 bridgehead atoms. The summed E-state index contributed by atoms with van der Waals surface area (Å²) in [5, 5.41) is 9.06. The first-order valence-corrected chi connectivity index (χ1v) is 7.17. The van der Waals surface area contributed by atoms with Crippen LogP contribution in [0.15, 0.2) is 16.1 Å². The molecule has 0 unspecified atom stereocenters. The molecule has 0 aromatic carbocycles. The van der Waals surface area contributed by atoms with Gasteiger partial charge in [0.05, 0.1) is 12.7 Å². The highest BCUT2D eigenvalue weighted by Crippen LogP contribution is 2.26. The molecule has 8 heteroatoms. The Morgan fingerprint density at radius 2 is 2.38 bits per heavy atom. The van der Waals surface area contributed by atoms with Gasteiger partial charge in [0.1, 0.15) is 18.4 Å². The molecule has 2 aliphatic rings. The van der Waals surface area contributed by atoms with E-state index in [2.05, 4.69) is 15.0 Å². The minimum absolute atomic E-state index is 0.0375. The third kappa shape index (κ3) is 2.96. The van der Waals surface area contributed by atoms with Crippen molar-refractivity contribution >= 4 is 11.8 Å². The van der Waals surface area contributed by atoms with Gasteiger partial charge in [-0.05, 0) is 19.3 Å². The summed E-state index contributed by atoms with van der Waals surface area (Å²) < 4.78 is 6.92. The van der Waals surface area contributed by atoms with Crippen molar-refractivity contribution in [2.45, 2.75) is 38.0 Å². The Hall–Kier alpha value is -1.80. The van der Waals surface area contributed by atoms with Gasteiger partial charge in [0.25, 0.3) is 5.95 Å². The van der Waals surface area contributed by atoms with E-state index in [1.165, 1.54) is 10.9 Å². The molecule has 8 nitrogen and oxygen atoms in total. The molecule has 2 saturated heterocycles. The largest absolute Gasteiger partial charge is 0.394 e. The summed E-state index contributed by atoms with van der Waals surface area (Å²) in [6, 6.07) is 0. The number of aromatic nitrogens is 3. The fourth-order valence-corrected chi connectivity index (χ4v) is 2.66. The van der Waals surface area contributed by atoms with Gasteiger partial charge in [0.15, 0.2) is 0 Å². The molecule has 0 aliphatic carbocycles. The van der Waals surface area contributed by atoms with Crippen LogP contribution in [0.3, 0.4) is 0 Å². The van der Waals surface area contributed by atoms with Crippen LogP contribution >= 0.6 is 0 Å². The van der Waals surface area contributed by atoms with E-state index >= 15 is 0 Å². The van der Waals surface area contributed by atoms with E-state index < -0.39 is 11.9 Å². The minimum atomic E-state index is -0.423.